The normalized spacial score (nSPS) is 10.1. The molecule has 0 radical (unpaired) electrons. The molecule has 2 aromatic rings. The molecular formula is C16H20N3O2+. The van der Waals surface area contributed by atoms with Gasteiger partial charge >= 0.3 is 0 Å². The SMILES string of the molecule is COc1ccccc1C[NH2+]CCNC(=O)c1ccncc1. The molecule has 0 aliphatic carbocycles. The van der Waals surface area contributed by atoms with Gasteiger partial charge in [-0.3, -0.25) is 9.78 Å². The molecule has 0 bridgehead atoms. The minimum Gasteiger partial charge on any atom is -0.496 e. The second-order valence-corrected chi connectivity index (χ2v) is 4.59. The summed E-state index contributed by atoms with van der Waals surface area (Å²) in [6.45, 7) is 2.26. The lowest BCUT2D eigenvalue weighted by atomic mass is 10.2. The van der Waals surface area contributed by atoms with Crippen LogP contribution in [0, 0.1) is 0 Å². The molecule has 1 aromatic carbocycles. The van der Waals surface area contributed by atoms with Crippen molar-refractivity contribution in [2.75, 3.05) is 20.2 Å². The average molecular weight is 286 g/mol. The molecule has 1 aromatic heterocycles. The number of hydrogen-bond donors (Lipinski definition) is 2. The molecule has 0 atom stereocenters. The van der Waals surface area contributed by atoms with Gasteiger partial charge in [0.25, 0.3) is 5.91 Å². The lowest BCUT2D eigenvalue weighted by Gasteiger charge is -2.08. The van der Waals surface area contributed by atoms with Gasteiger partial charge in [0.05, 0.1) is 20.2 Å². The van der Waals surface area contributed by atoms with E-state index in [0.29, 0.717) is 12.1 Å². The van der Waals surface area contributed by atoms with Crippen LogP contribution in [0.3, 0.4) is 0 Å². The van der Waals surface area contributed by atoms with Crippen LogP contribution in [0.1, 0.15) is 15.9 Å². The van der Waals surface area contributed by atoms with Gasteiger partial charge in [-0.05, 0) is 24.3 Å². The average Bonchev–Trinajstić information content (AvgIpc) is 2.55. The predicted octanol–water partition coefficient (Wildman–Crippen LogP) is 0.584. The number of hydrogen-bond acceptors (Lipinski definition) is 3. The predicted molar refractivity (Wildman–Crippen MR) is 80.1 cm³/mol. The van der Waals surface area contributed by atoms with Crippen LogP contribution in [0.25, 0.3) is 0 Å². The second kappa shape index (κ2) is 8.01. The van der Waals surface area contributed by atoms with Crippen LogP contribution in [0.15, 0.2) is 48.8 Å². The van der Waals surface area contributed by atoms with Crippen LogP contribution in [-0.4, -0.2) is 31.1 Å². The number of methoxy groups -OCH3 is 1. The third kappa shape index (κ3) is 4.57. The second-order valence-electron chi connectivity index (χ2n) is 4.59. The van der Waals surface area contributed by atoms with E-state index in [2.05, 4.69) is 15.6 Å². The van der Waals surface area contributed by atoms with Crippen LogP contribution in [0.2, 0.25) is 0 Å². The first-order valence-corrected chi connectivity index (χ1v) is 6.93. The van der Waals surface area contributed by atoms with Gasteiger partial charge in [-0.1, -0.05) is 12.1 Å². The van der Waals surface area contributed by atoms with Gasteiger partial charge in [0.2, 0.25) is 0 Å². The van der Waals surface area contributed by atoms with Crippen molar-refractivity contribution in [3.05, 3.63) is 59.9 Å². The van der Waals surface area contributed by atoms with Crippen molar-refractivity contribution in [3.63, 3.8) is 0 Å². The maximum atomic E-state index is 11.8. The van der Waals surface area contributed by atoms with Crippen LogP contribution < -0.4 is 15.4 Å². The summed E-state index contributed by atoms with van der Waals surface area (Å²) in [4.78, 5) is 15.7. The van der Waals surface area contributed by atoms with Crippen molar-refractivity contribution >= 4 is 5.91 Å². The lowest BCUT2D eigenvalue weighted by Crippen LogP contribution is -2.84. The molecule has 2 rings (SSSR count). The minimum atomic E-state index is -0.0666. The fourth-order valence-electron chi connectivity index (χ4n) is 2.02. The van der Waals surface area contributed by atoms with Gasteiger partial charge in [-0.15, -0.1) is 0 Å². The van der Waals surface area contributed by atoms with Gasteiger partial charge in [-0.2, -0.15) is 0 Å². The number of amides is 1. The molecule has 0 unspecified atom stereocenters. The van der Waals surface area contributed by atoms with Crippen LogP contribution in [0.5, 0.6) is 5.75 Å². The molecule has 5 heteroatoms. The first-order chi connectivity index (χ1) is 10.3. The molecule has 3 N–H and O–H groups in total. The lowest BCUT2D eigenvalue weighted by molar-refractivity contribution is -0.668. The molecular weight excluding hydrogens is 266 g/mol. The Hall–Kier alpha value is -2.40. The Bertz CT molecular complexity index is 573. The molecule has 0 saturated carbocycles. The summed E-state index contributed by atoms with van der Waals surface area (Å²) in [5.41, 5.74) is 1.79. The molecule has 0 fully saturated rings. The first kappa shape index (κ1) is 15.0. The van der Waals surface area contributed by atoms with Gasteiger partial charge in [0, 0.05) is 23.5 Å². The quantitative estimate of drug-likeness (QED) is 0.732. The zero-order valence-corrected chi connectivity index (χ0v) is 12.1. The van der Waals surface area contributed by atoms with Crippen LogP contribution in [-0.2, 0) is 6.54 Å². The summed E-state index contributed by atoms with van der Waals surface area (Å²) in [6, 6.07) is 11.4. The molecule has 0 spiro atoms. The molecule has 1 heterocycles. The zero-order valence-electron chi connectivity index (χ0n) is 12.1. The number of aromatic nitrogens is 1. The van der Waals surface area contributed by atoms with Gasteiger partial charge in [0.15, 0.2) is 0 Å². The highest BCUT2D eigenvalue weighted by Gasteiger charge is 2.05. The van der Waals surface area contributed by atoms with E-state index in [1.165, 1.54) is 0 Å². The van der Waals surface area contributed by atoms with Crippen molar-refractivity contribution in [2.24, 2.45) is 0 Å². The highest BCUT2D eigenvalue weighted by atomic mass is 16.5. The summed E-state index contributed by atoms with van der Waals surface area (Å²) in [5, 5.41) is 5.03. The van der Waals surface area contributed by atoms with Gasteiger partial charge in [0.1, 0.15) is 12.3 Å². The summed E-state index contributed by atoms with van der Waals surface area (Å²) in [6.07, 6.45) is 3.23. The molecule has 5 nitrogen and oxygen atoms in total. The van der Waals surface area contributed by atoms with Gasteiger partial charge < -0.3 is 15.4 Å². The van der Waals surface area contributed by atoms with Crippen molar-refractivity contribution in [2.45, 2.75) is 6.54 Å². The Kier molecular flexibility index (Phi) is 5.72. The van der Waals surface area contributed by atoms with E-state index in [1.807, 2.05) is 24.3 Å². The van der Waals surface area contributed by atoms with E-state index < -0.39 is 0 Å². The van der Waals surface area contributed by atoms with Crippen molar-refractivity contribution in [1.82, 2.24) is 10.3 Å². The highest BCUT2D eigenvalue weighted by molar-refractivity contribution is 5.93. The number of nitrogens with two attached hydrogens (primary N) is 1. The number of pyridine rings is 1. The number of nitrogens with one attached hydrogen (secondary N) is 1. The molecule has 0 aliphatic heterocycles. The minimum absolute atomic E-state index is 0.0666. The molecule has 1 amide bonds. The fourth-order valence-corrected chi connectivity index (χ4v) is 2.02. The van der Waals surface area contributed by atoms with Crippen molar-refractivity contribution in [1.29, 1.82) is 0 Å². The van der Waals surface area contributed by atoms with E-state index >= 15 is 0 Å². The number of ether oxygens (including phenoxy) is 1. The van der Waals surface area contributed by atoms with Crippen molar-refractivity contribution < 1.29 is 14.8 Å². The molecule has 110 valence electrons. The van der Waals surface area contributed by atoms with Gasteiger partial charge in [-0.25, -0.2) is 0 Å². The van der Waals surface area contributed by atoms with E-state index in [9.17, 15) is 4.79 Å². The van der Waals surface area contributed by atoms with E-state index in [-0.39, 0.29) is 5.91 Å². The third-order valence-electron chi connectivity index (χ3n) is 3.13. The zero-order chi connectivity index (χ0) is 14.9. The number of rotatable bonds is 7. The summed E-state index contributed by atoms with van der Waals surface area (Å²) < 4.78 is 5.30. The number of benzene rings is 1. The Morgan fingerprint density at radius 2 is 2.00 bits per heavy atom. The maximum Gasteiger partial charge on any atom is 0.251 e. The van der Waals surface area contributed by atoms with Crippen LogP contribution in [0.4, 0.5) is 0 Å². The standard InChI is InChI=1S/C16H19N3O2/c1-21-15-5-3-2-4-14(15)12-18-10-11-19-16(20)13-6-8-17-9-7-13/h2-9,18H,10-12H2,1H3,(H,19,20)/p+1. The van der Waals surface area contributed by atoms with Crippen molar-refractivity contribution in [3.8, 4) is 5.75 Å². The Morgan fingerprint density at radius 1 is 1.24 bits per heavy atom. The Balaban J connectivity index is 1.70. The topological polar surface area (TPSA) is 67.8 Å². The Labute approximate surface area is 124 Å². The summed E-state index contributed by atoms with van der Waals surface area (Å²) in [5.74, 6) is 0.831. The molecule has 0 aliphatic rings. The highest BCUT2D eigenvalue weighted by Crippen LogP contribution is 2.15. The first-order valence-electron chi connectivity index (χ1n) is 6.93. The number of para-hydroxylation sites is 1. The fraction of sp³-hybridized carbons (Fsp3) is 0.250. The smallest absolute Gasteiger partial charge is 0.251 e. The van der Waals surface area contributed by atoms with E-state index in [4.69, 9.17) is 4.74 Å². The summed E-state index contributed by atoms with van der Waals surface area (Å²) in [7, 11) is 1.67. The number of nitrogens with zero attached hydrogens (tertiary/aromatic N) is 1. The maximum absolute atomic E-state index is 11.8. The number of carbonyl (C=O) groups excluding carboxylic acids is 1. The number of carbonyl (C=O) groups is 1. The molecule has 21 heavy (non-hydrogen) atoms. The molecule has 0 saturated heterocycles. The summed E-state index contributed by atoms with van der Waals surface area (Å²) >= 11 is 0. The van der Waals surface area contributed by atoms with E-state index in [1.54, 1.807) is 31.6 Å². The van der Waals surface area contributed by atoms with Crippen LogP contribution >= 0.6 is 0 Å². The monoisotopic (exact) mass is 286 g/mol. The largest absolute Gasteiger partial charge is 0.496 e. The third-order valence-corrected chi connectivity index (χ3v) is 3.13. The Morgan fingerprint density at radius 3 is 2.76 bits per heavy atom. The number of quaternary nitrogens is 1. The van der Waals surface area contributed by atoms with E-state index in [0.717, 1.165) is 24.4 Å².